The molecule has 0 aromatic carbocycles. The maximum atomic E-state index is 11.3. The number of nitrogens with one attached hydrogen (secondary N) is 1. The molecule has 0 saturated heterocycles. The highest BCUT2D eigenvalue weighted by Crippen LogP contribution is 2.32. The molecule has 1 aliphatic rings. The van der Waals surface area contributed by atoms with E-state index in [9.17, 15) is 4.79 Å². The summed E-state index contributed by atoms with van der Waals surface area (Å²) in [5.41, 5.74) is -0.105. The molecule has 1 fully saturated rings. The molecule has 1 amide bonds. The number of amides is 1. The Morgan fingerprint density at radius 3 is 2.58 bits per heavy atom. The molecule has 0 radical (unpaired) electrons. The Bertz CT molecular complexity index is 175. The van der Waals surface area contributed by atoms with Crippen LogP contribution in [-0.2, 0) is 4.79 Å². The predicted molar refractivity (Wildman–Crippen MR) is 53.4 cm³/mol. The van der Waals surface area contributed by atoms with Gasteiger partial charge in [0.15, 0.2) is 0 Å². The molecule has 1 aliphatic carbocycles. The summed E-state index contributed by atoms with van der Waals surface area (Å²) in [6.45, 7) is 4.04. The highest BCUT2D eigenvalue weighted by Gasteiger charge is 2.26. The van der Waals surface area contributed by atoms with Gasteiger partial charge in [0.2, 0.25) is 5.91 Å². The normalized spacial score (nSPS) is 17.6. The van der Waals surface area contributed by atoms with Crippen molar-refractivity contribution < 1.29 is 4.79 Å². The number of hydrogen-bond donors (Lipinski definition) is 1. The summed E-state index contributed by atoms with van der Waals surface area (Å²) in [5.74, 6) is 0.873. The highest BCUT2D eigenvalue weighted by atomic mass is 79.9. The summed E-state index contributed by atoms with van der Waals surface area (Å²) in [7, 11) is 0. The Labute approximate surface area is 82.2 Å². The number of halogens is 1. The smallest absolute Gasteiger partial charge is 0.220 e. The second-order valence-corrected chi connectivity index (χ2v) is 4.77. The van der Waals surface area contributed by atoms with Crippen LogP contribution in [0.1, 0.15) is 33.1 Å². The van der Waals surface area contributed by atoms with Gasteiger partial charge in [-0.1, -0.05) is 15.9 Å². The fourth-order valence-corrected chi connectivity index (χ4v) is 1.19. The van der Waals surface area contributed by atoms with Gasteiger partial charge in [0.1, 0.15) is 0 Å². The largest absolute Gasteiger partial charge is 0.350 e. The average molecular weight is 234 g/mol. The van der Waals surface area contributed by atoms with E-state index in [1.807, 2.05) is 13.8 Å². The van der Waals surface area contributed by atoms with Gasteiger partial charge in [-0.05, 0) is 32.6 Å². The minimum Gasteiger partial charge on any atom is -0.350 e. The van der Waals surface area contributed by atoms with Crippen LogP contribution in [0.3, 0.4) is 0 Å². The van der Waals surface area contributed by atoms with Crippen molar-refractivity contribution in [3.63, 3.8) is 0 Å². The predicted octanol–water partition coefficient (Wildman–Crippen LogP) is 2.08. The molecule has 0 aromatic heterocycles. The Morgan fingerprint density at radius 2 is 2.17 bits per heavy atom. The zero-order valence-corrected chi connectivity index (χ0v) is 9.28. The lowest BCUT2D eigenvalue weighted by molar-refractivity contribution is -0.122. The lowest BCUT2D eigenvalue weighted by Gasteiger charge is -2.23. The van der Waals surface area contributed by atoms with Crippen molar-refractivity contribution in [2.75, 3.05) is 5.33 Å². The van der Waals surface area contributed by atoms with E-state index in [1.54, 1.807) is 0 Å². The molecule has 70 valence electrons. The Morgan fingerprint density at radius 1 is 1.58 bits per heavy atom. The first-order valence-corrected chi connectivity index (χ1v) is 5.52. The Kier molecular flexibility index (Phi) is 3.16. The minimum absolute atomic E-state index is 0.105. The summed E-state index contributed by atoms with van der Waals surface area (Å²) in [6.07, 6.45) is 3.20. The fraction of sp³-hybridized carbons (Fsp3) is 0.889. The summed E-state index contributed by atoms with van der Waals surface area (Å²) in [5, 5.41) is 3.79. The van der Waals surface area contributed by atoms with Crippen LogP contribution in [0.2, 0.25) is 0 Å². The van der Waals surface area contributed by atoms with Gasteiger partial charge in [0.05, 0.1) is 0 Å². The monoisotopic (exact) mass is 233 g/mol. The molecule has 0 aromatic rings. The van der Waals surface area contributed by atoms with E-state index in [-0.39, 0.29) is 11.4 Å². The van der Waals surface area contributed by atoms with Crippen LogP contribution in [0.25, 0.3) is 0 Å². The van der Waals surface area contributed by atoms with Gasteiger partial charge in [-0.3, -0.25) is 4.79 Å². The fourth-order valence-electron chi connectivity index (χ4n) is 1.05. The van der Waals surface area contributed by atoms with Crippen LogP contribution in [0.15, 0.2) is 0 Å². The highest BCUT2D eigenvalue weighted by molar-refractivity contribution is 9.09. The van der Waals surface area contributed by atoms with Gasteiger partial charge < -0.3 is 5.32 Å². The van der Waals surface area contributed by atoms with E-state index in [4.69, 9.17) is 0 Å². The molecule has 2 nitrogen and oxygen atoms in total. The first-order valence-electron chi connectivity index (χ1n) is 4.40. The summed E-state index contributed by atoms with van der Waals surface area (Å²) < 4.78 is 0. The first-order chi connectivity index (χ1) is 5.53. The van der Waals surface area contributed by atoms with Gasteiger partial charge in [0, 0.05) is 17.3 Å². The van der Waals surface area contributed by atoms with E-state index >= 15 is 0 Å². The van der Waals surface area contributed by atoms with Crippen LogP contribution < -0.4 is 5.32 Å². The number of carbonyl (C=O) groups is 1. The molecule has 3 heteroatoms. The van der Waals surface area contributed by atoms with Crippen molar-refractivity contribution in [2.45, 2.75) is 38.6 Å². The van der Waals surface area contributed by atoms with Crippen LogP contribution in [0.5, 0.6) is 0 Å². The minimum atomic E-state index is -0.105. The molecular formula is C9H16BrNO. The molecule has 0 atom stereocenters. The third-order valence-electron chi connectivity index (χ3n) is 1.98. The number of rotatable bonds is 4. The first kappa shape index (κ1) is 10.0. The molecule has 0 bridgehead atoms. The number of alkyl halides is 1. The maximum Gasteiger partial charge on any atom is 0.220 e. The lowest BCUT2D eigenvalue weighted by Crippen LogP contribution is -2.44. The molecule has 1 saturated carbocycles. The topological polar surface area (TPSA) is 29.1 Å². The van der Waals surface area contributed by atoms with Crippen molar-refractivity contribution in [3.8, 4) is 0 Å². The number of carbonyl (C=O) groups excluding carboxylic acids is 1. The van der Waals surface area contributed by atoms with E-state index in [0.29, 0.717) is 5.92 Å². The van der Waals surface area contributed by atoms with Crippen LogP contribution in [0, 0.1) is 5.92 Å². The maximum absolute atomic E-state index is 11.3. The van der Waals surface area contributed by atoms with Crippen molar-refractivity contribution in [1.82, 2.24) is 5.32 Å². The van der Waals surface area contributed by atoms with Gasteiger partial charge in [-0.2, -0.15) is 0 Å². The van der Waals surface area contributed by atoms with Gasteiger partial charge in [-0.15, -0.1) is 0 Å². The Balaban J connectivity index is 2.23. The summed E-state index contributed by atoms with van der Waals surface area (Å²) in [6, 6.07) is 0. The van der Waals surface area contributed by atoms with E-state index in [1.165, 1.54) is 12.8 Å². The van der Waals surface area contributed by atoms with Gasteiger partial charge in [0.25, 0.3) is 0 Å². The van der Waals surface area contributed by atoms with Crippen molar-refractivity contribution in [1.29, 1.82) is 0 Å². The second-order valence-electron chi connectivity index (χ2n) is 4.21. The van der Waals surface area contributed by atoms with Crippen molar-refractivity contribution >= 4 is 21.8 Å². The zero-order chi connectivity index (χ0) is 9.19. The van der Waals surface area contributed by atoms with E-state index < -0.39 is 0 Å². The molecule has 0 aliphatic heterocycles. The van der Waals surface area contributed by atoms with Crippen LogP contribution in [0.4, 0.5) is 0 Å². The molecule has 1 N–H and O–H groups in total. The molecular weight excluding hydrogens is 218 g/mol. The standard InChI is InChI=1S/C9H16BrNO/c1-9(2,6-10)11-8(12)5-7-3-4-7/h7H,3-6H2,1-2H3,(H,11,12). The van der Waals surface area contributed by atoms with E-state index in [2.05, 4.69) is 21.2 Å². The quantitative estimate of drug-likeness (QED) is 0.741. The molecule has 0 spiro atoms. The third kappa shape index (κ3) is 3.57. The molecule has 12 heavy (non-hydrogen) atoms. The van der Waals surface area contributed by atoms with Crippen molar-refractivity contribution in [3.05, 3.63) is 0 Å². The molecule has 0 unspecified atom stereocenters. The van der Waals surface area contributed by atoms with Crippen molar-refractivity contribution in [2.24, 2.45) is 5.92 Å². The average Bonchev–Trinajstić information content (AvgIpc) is 2.70. The number of hydrogen-bond acceptors (Lipinski definition) is 1. The summed E-state index contributed by atoms with van der Waals surface area (Å²) in [4.78, 5) is 11.3. The molecule has 0 heterocycles. The van der Waals surface area contributed by atoms with Gasteiger partial charge >= 0.3 is 0 Å². The van der Waals surface area contributed by atoms with Crippen LogP contribution in [-0.4, -0.2) is 16.8 Å². The zero-order valence-electron chi connectivity index (χ0n) is 7.69. The lowest BCUT2D eigenvalue weighted by atomic mass is 10.1. The summed E-state index contributed by atoms with van der Waals surface area (Å²) >= 11 is 3.37. The molecule has 1 rings (SSSR count). The third-order valence-corrected chi connectivity index (χ3v) is 3.38. The van der Waals surface area contributed by atoms with Gasteiger partial charge in [-0.25, -0.2) is 0 Å². The SMILES string of the molecule is CC(C)(CBr)NC(=O)CC1CC1. The second kappa shape index (κ2) is 3.77. The van der Waals surface area contributed by atoms with Crippen LogP contribution >= 0.6 is 15.9 Å². The Hall–Kier alpha value is -0.0500. The van der Waals surface area contributed by atoms with E-state index in [0.717, 1.165) is 11.8 Å².